The maximum atomic E-state index is 11.9. The molecule has 1 aromatic rings. The molecular formula is C20H34N4O2. The van der Waals surface area contributed by atoms with Gasteiger partial charge in [0.05, 0.1) is 6.26 Å². The van der Waals surface area contributed by atoms with Crippen LogP contribution in [0.25, 0.3) is 0 Å². The van der Waals surface area contributed by atoms with Gasteiger partial charge in [0, 0.05) is 32.2 Å². The van der Waals surface area contributed by atoms with Crippen LogP contribution < -0.4 is 16.0 Å². The Hall–Kier alpha value is -1.98. The van der Waals surface area contributed by atoms with E-state index in [2.05, 4.69) is 27.9 Å². The first-order valence-electron chi connectivity index (χ1n) is 9.87. The van der Waals surface area contributed by atoms with Crippen molar-refractivity contribution in [3.63, 3.8) is 0 Å². The Kier molecular flexibility index (Phi) is 8.51. The third-order valence-electron chi connectivity index (χ3n) is 5.11. The van der Waals surface area contributed by atoms with Crippen molar-refractivity contribution in [3.05, 3.63) is 23.7 Å². The highest BCUT2D eigenvalue weighted by atomic mass is 16.3. The van der Waals surface area contributed by atoms with E-state index in [0.717, 1.165) is 42.9 Å². The van der Waals surface area contributed by atoms with E-state index in [1.165, 1.54) is 38.4 Å². The first-order valence-corrected chi connectivity index (χ1v) is 9.87. The van der Waals surface area contributed by atoms with Crippen molar-refractivity contribution in [2.75, 3.05) is 26.7 Å². The largest absolute Gasteiger partial charge is 0.459 e. The molecule has 1 heterocycles. The maximum absolute atomic E-state index is 11.9. The molecule has 0 aliphatic heterocycles. The van der Waals surface area contributed by atoms with Crippen molar-refractivity contribution in [1.82, 2.24) is 16.0 Å². The predicted octanol–water partition coefficient (Wildman–Crippen LogP) is 3.09. The number of aliphatic imine (C=N–C) groups is 1. The van der Waals surface area contributed by atoms with Gasteiger partial charge in [0.1, 0.15) is 0 Å². The summed E-state index contributed by atoms with van der Waals surface area (Å²) in [5.41, 5.74) is 0.859. The Labute approximate surface area is 157 Å². The van der Waals surface area contributed by atoms with Gasteiger partial charge < -0.3 is 20.4 Å². The smallest absolute Gasteiger partial charge is 0.287 e. The highest BCUT2D eigenvalue weighted by Crippen LogP contribution is 2.30. The molecule has 0 saturated heterocycles. The molecule has 26 heavy (non-hydrogen) atoms. The van der Waals surface area contributed by atoms with Crippen molar-refractivity contribution >= 4 is 11.9 Å². The van der Waals surface area contributed by atoms with Crippen LogP contribution in [0.5, 0.6) is 0 Å². The molecule has 146 valence electrons. The monoisotopic (exact) mass is 362 g/mol. The second-order valence-corrected chi connectivity index (χ2v) is 7.39. The van der Waals surface area contributed by atoms with Gasteiger partial charge in [0.2, 0.25) is 0 Å². The third kappa shape index (κ3) is 6.73. The SMILES string of the molecule is CN=C(NCCCNC(=O)c1occc1C)NCCC1CCCC(C)C1. The molecule has 3 N–H and O–H groups in total. The van der Waals surface area contributed by atoms with Crippen LogP contribution in [0.1, 0.15) is 61.6 Å². The van der Waals surface area contributed by atoms with Crippen LogP contribution in [0.15, 0.2) is 21.7 Å². The number of carbonyl (C=O) groups excluding carboxylic acids is 1. The second kappa shape index (κ2) is 10.9. The lowest BCUT2D eigenvalue weighted by atomic mass is 9.81. The van der Waals surface area contributed by atoms with Crippen LogP contribution in [-0.2, 0) is 0 Å². The van der Waals surface area contributed by atoms with Crippen molar-refractivity contribution in [2.24, 2.45) is 16.8 Å². The van der Waals surface area contributed by atoms with Crippen LogP contribution in [0.2, 0.25) is 0 Å². The molecule has 1 aromatic heterocycles. The van der Waals surface area contributed by atoms with Crippen LogP contribution in [0.4, 0.5) is 0 Å². The molecule has 0 spiro atoms. The fourth-order valence-electron chi connectivity index (χ4n) is 3.62. The lowest BCUT2D eigenvalue weighted by molar-refractivity contribution is 0.0925. The number of rotatable bonds is 8. The van der Waals surface area contributed by atoms with E-state index in [4.69, 9.17) is 4.42 Å². The number of hydrogen-bond donors (Lipinski definition) is 3. The Morgan fingerprint density at radius 2 is 2.00 bits per heavy atom. The number of guanidine groups is 1. The fraction of sp³-hybridized carbons (Fsp3) is 0.700. The summed E-state index contributed by atoms with van der Waals surface area (Å²) < 4.78 is 5.18. The standard InChI is InChI=1S/C20H34N4O2/c1-15-6-4-7-17(14-15)8-12-24-20(21-3)23-11-5-10-22-19(25)18-16(2)9-13-26-18/h9,13,15,17H,4-8,10-12,14H2,1-3H3,(H,22,25)(H2,21,23,24). The fourth-order valence-corrected chi connectivity index (χ4v) is 3.62. The van der Waals surface area contributed by atoms with Gasteiger partial charge in [-0.1, -0.05) is 26.2 Å². The topological polar surface area (TPSA) is 78.7 Å². The zero-order valence-electron chi connectivity index (χ0n) is 16.4. The summed E-state index contributed by atoms with van der Waals surface area (Å²) >= 11 is 0. The summed E-state index contributed by atoms with van der Waals surface area (Å²) in [6.07, 6.45) is 9.08. The summed E-state index contributed by atoms with van der Waals surface area (Å²) in [5, 5.41) is 9.57. The molecule has 1 fully saturated rings. The minimum absolute atomic E-state index is 0.156. The molecule has 1 amide bonds. The lowest BCUT2D eigenvalue weighted by Gasteiger charge is -2.26. The van der Waals surface area contributed by atoms with Crippen molar-refractivity contribution in [1.29, 1.82) is 0 Å². The van der Waals surface area contributed by atoms with Crippen molar-refractivity contribution in [3.8, 4) is 0 Å². The van der Waals surface area contributed by atoms with Crippen LogP contribution in [0, 0.1) is 18.8 Å². The van der Waals surface area contributed by atoms with E-state index in [9.17, 15) is 4.79 Å². The predicted molar refractivity (Wildman–Crippen MR) is 105 cm³/mol. The molecule has 1 aliphatic rings. The Morgan fingerprint density at radius 1 is 1.23 bits per heavy atom. The number of carbonyl (C=O) groups is 1. The highest BCUT2D eigenvalue weighted by Gasteiger charge is 2.18. The first-order chi connectivity index (χ1) is 12.6. The minimum Gasteiger partial charge on any atom is -0.459 e. The van der Waals surface area contributed by atoms with Crippen LogP contribution in [0.3, 0.4) is 0 Å². The van der Waals surface area contributed by atoms with Crippen molar-refractivity contribution < 1.29 is 9.21 Å². The van der Waals surface area contributed by atoms with E-state index >= 15 is 0 Å². The summed E-state index contributed by atoms with van der Waals surface area (Å²) in [6.45, 7) is 6.56. The molecule has 6 heteroatoms. The van der Waals surface area contributed by atoms with E-state index in [1.807, 2.05) is 6.92 Å². The van der Waals surface area contributed by atoms with E-state index in [1.54, 1.807) is 13.1 Å². The summed E-state index contributed by atoms with van der Waals surface area (Å²) in [6, 6.07) is 1.79. The molecule has 0 radical (unpaired) electrons. The second-order valence-electron chi connectivity index (χ2n) is 7.39. The van der Waals surface area contributed by atoms with Crippen LogP contribution >= 0.6 is 0 Å². The van der Waals surface area contributed by atoms with Crippen LogP contribution in [-0.4, -0.2) is 38.5 Å². The molecular weight excluding hydrogens is 328 g/mol. The molecule has 1 saturated carbocycles. The molecule has 2 rings (SSSR count). The number of aryl methyl sites for hydroxylation is 1. The van der Waals surface area contributed by atoms with E-state index < -0.39 is 0 Å². The van der Waals surface area contributed by atoms with Gasteiger partial charge in [-0.2, -0.15) is 0 Å². The highest BCUT2D eigenvalue weighted by molar-refractivity contribution is 5.92. The van der Waals surface area contributed by atoms with Gasteiger partial charge in [-0.15, -0.1) is 0 Å². The average Bonchev–Trinajstić information content (AvgIpc) is 3.06. The Morgan fingerprint density at radius 3 is 2.69 bits per heavy atom. The number of hydrogen-bond acceptors (Lipinski definition) is 3. The summed E-state index contributed by atoms with van der Waals surface area (Å²) in [5.74, 6) is 2.81. The first kappa shape index (κ1) is 20.3. The number of nitrogens with one attached hydrogen (secondary N) is 3. The molecule has 2 unspecified atom stereocenters. The van der Waals surface area contributed by atoms with E-state index in [-0.39, 0.29) is 5.91 Å². The minimum atomic E-state index is -0.156. The zero-order chi connectivity index (χ0) is 18.8. The molecule has 6 nitrogen and oxygen atoms in total. The van der Waals surface area contributed by atoms with Gasteiger partial charge in [0.25, 0.3) is 5.91 Å². The van der Waals surface area contributed by atoms with E-state index in [0.29, 0.717) is 12.3 Å². The average molecular weight is 363 g/mol. The van der Waals surface area contributed by atoms with Crippen molar-refractivity contribution in [2.45, 2.75) is 52.4 Å². The van der Waals surface area contributed by atoms with Gasteiger partial charge in [-0.3, -0.25) is 9.79 Å². The zero-order valence-corrected chi connectivity index (χ0v) is 16.4. The normalized spacial score (nSPS) is 20.7. The summed E-state index contributed by atoms with van der Waals surface area (Å²) in [4.78, 5) is 16.2. The quantitative estimate of drug-likeness (QED) is 0.377. The number of amides is 1. The number of furan rings is 1. The van der Waals surface area contributed by atoms with Gasteiger partial charge in [-0.05, 0) is 44.1 Å². The lowest BCUT2D eigenvalue weighted by Crippen LogP contribution is -2.39. The summed E-state index contributed by atoms with van der Waals surface area (Å²) in [7, 11) is 1.79. The molecule has 0 aromatic carbocycles. The Balaban J connectivity index is 1.54. The van der Waals surface area contributed by atoms with Gasteiger partial charge >= 0.3 is 0 Å². The molecule has 0 bridgehead atoms. The van der Waals surface area contributed by atoms with Gasteiger partial charge in [-0.25, -0.2) is 0 Å². The number of nitrogens with zero attached hydrogens (tertiary/aromatic N) is 1. The maximum Gasteiger partial charge on any atom is 0.287 e. The Bertz CT molecular complexity index is 582. The third-order valence-corrected chi connectivity index (χ3v) is 5.11. The molecule has 2 atom stereocenters. The van der Waals surface area contributed by atoms with Gasteiger partial charge in [0.15, 0.2) is 11.7 Å². The molecule has 1 aliphatic carbocycles.